The second-order valence-corrected chi connectivity index (χ2v) is 10.6. The van der Waals surface area contributed by atoms with Crippen molar-refractivity contribution in [2.45, 2.75) is 0 Å². The molecule has 0 amide bonds. The second-order valence-electron chi connectivity index (χ2n) is 10.6. The summed E-state index contributed by atoms with van der Waals surface area (Å²) in [6.45, 7) is 0. The molecule has 0 atom stereocenters. The number of hydrogen-bond donors (Lipinski definition) is 0. The number of fused-ring (bicyclic) bond motifs is 13. The summed E-state index contributed by atoms with van der Waals surface area (Å²) < 4.78 is 2.43. The first kappa shape index (κ1) is 22.3. The lowest BCUT2D eigenvalue weighted by Gasteiger charge is -2.26. The summed E-state index contributed by atoms with van der Waals surface area (Å²) in [5.74, 6) is 0. The zero-order valence-corrected chi connectivity index (χ0v) is 22.1. The van der Waals surface area contributed by atoms with Gasteiger partial charge in [0.15, 0.2) is 5.65 Å². The van der Waals surface area contributed by atoms with Crippen molar-refractivity contribution in [1.82, 2.24) is 14.5 Å². The third-order valence-electron chi connectivity index (χ3n) is 8.48. The molecule has 0 saturated carbocycles. The van der Waals surface area contributed by atoms with E-state index in [0.717, 1.165) is 22.3 Å². The fourth-order valence-corrected chi connectivity index (χ4v) is 6.81. The number of hydrogen-bond acceptors (Lipinski definition) is 2. The summed E-state index contributed by atoms with van der Waals surface area (Å²) in [5, 5.41) is 3.57. The fraction of sp³-hybridized carbons (Fsp3) is 0. The van der Waals surface area contributed by atoms with Gasteiger partial charge in [0.05, 0.1) is 16.7 Å². The van der Waals surface area contributed by atoms with Gasteiger partial charge in [-0.3, -0.25) is 0 Å². The number of rotatable bonds is 1. The number of para-hydroxylation sites is 2. The Morgan fingerprint density at radius 3 is 1.66 bits per heavy atom. The van der Waals surface area contributed by atoms with Crippen LogP contribution in [0.5, 0.6) is 0 Å². The zero-order chi connectivity index (χ0) is 26.9. The van der Waals surface area contributed by atoms with Crippen LogP contribution < -0.4 is 0 Å². The van der Waals surface area contributed by atoms with E-state index < -0.39 is 0 Å². The van der Waals surface area contributed by atoms with Crippen molar-refractivity contribution < 1.29 is 0 Å². The number of benzene rings is 5. The van der Waals surface area contributed by atoms with Gasteiger partial charge in [0, 0.05) is 45.2 Å². The number of aromatic nitrogens is 3. The van der Waals surface area contributed by atoms with Gasteiger partial charge in [0.2, 0.25) is 0 Å². The molecule has 190 valence electrons. The van der Waals surface area contributed by atoms with Crippen LogP contribution in [0.1, 0.15) is 0 Å². The fourth-order valence-electron chi connectivity index (χ4n) is 6.81. The summed E-state index contributed by atoms with van der Waals surface area (Å²) in [7, 11) is 0. The predicted octanol–water partition coefficient (Wildman–Crippen LogP) is 9.71. The molecule has 0 radical (unpaired) electrons. The highest BCUT2D eigenvalue weighted by Gasteiger charge is 2.26. The van der Waals surface area contributed by atoms with Crippen molar-refractivity contribution in [1.29, 1.82) is 0 Å². The van der Waals surface area contributed by atoms with Crippen LogP contribution in [0.3, 0.4) is 0 Å². The van der Waals surface area contributed by atoms with E-state index in [1.807, 2.05) is 18.5 Å². The van der Waals surface area contributed by atoms with Crippen LogP contribution in [0.2, 0.25) is 0 Å². The van der Waals surface area contributed by atoms with Gasteiger partial charge in [-0.15, -0.1) is 0 Å². The minimum Gasteiger partial charge on any atom is -0.309 e. The minimum absolute atomic E-state index is 0.759. The van der Waals surface area contributed by atoms with Crippen molar-refractivity contribution in [3.63, 3.8) is 0 Å². The molecule has 3 aromatic heterocycles. The molecule has 8 aromatic rings. The van der Waals surface area contributed by atoms with Gasteiger partial charge in [0.25, 0.3) is 0 Å². The van der Waals surface area contributed by atoms with E-state index in [1.54, 1.807) is 0 Å². The summed E-state index contributed by atoms with van der Waals surface area (Å²) in [6.07, 6.45) is 3.84. The first-order valence-corrected chi connectivity index (χ1v) is 13.9. The van der Waals surface area contributed by atoms with Crippen LogP contribution in [0, 0.1) is 0 Å². The quantitative estimate of drug-likeness (QED) is 0.215. The Labute approximate surface area is 237 Å². The maximum absolute atomic E-state index is 4.87. The van der Waals surface area contributed by atoms with Crippen molar-refractivity contribution >= 4 is 32.8 Å². The van der Waals surface area contributed by atoms with E-state index >= 15 is 0 Å². The second kappa shape index (κ2) is 8.48. The molecule has 0 saturated heterocycles. The standard InChI is InChI=1S/C38H23N3/c1-3-15-28-24(11-1)25-12-2-4-16-29(25)37-30(32-23-40-38-31(36(28)32)18-10-22-39-38)17-9-21-35(37)41-33-19-7-5-13-26(33)27-14-6-8-20-34(27)41/h1-23H. The highest BCUT2D eigenvalue weighted by Crippen LogP contribution is 2.51. The lowest BCUT2D eigenvalue weighted by Crippen LogP contribution is -2.03. The number of nitrogens with zero attached hydrogens (tertiary/aromatic N) is 3. The molecular formula is C38H23N3. The van der Waals surface area contributed by atoms with E-state index in [4.69, 9.17) is 4.98 Å². The molecule has 0 fully saturated rings. The van der Waals surface area contributed by atoms with Crippen LogP contribution >= 0.6 is 0 Å². The third kappa shape index (κ3) is 3.09. The predicted molar refractivity (Wildman–Crippen MR) is 169 cm³/mol. The maximum Gasteiger partial charge on any atom is 0.159 e. The van der Waals surface area contributed by atoms with Crippen molar-refractivity contribution in [3.8, 4) is 50.2 Å². The normalized spacial score (nSPS) is 11.9. The Morgan fingerprint density at radius 1 is 0.390 bits per heavy atom. The van der Waals surface area contributed by atoms with Gasteiger partial charge in [-0.25, -0.2) is 9.97 Å². The third-order valence-corrected chi connectivity index (χ3v) is 8.48. The van der Waals surface area contributed by atoms with Gasteiger partial charge in [-0.05, 0) is 58.1 Å². The van der Waals surface area contributed by atoms with Crippen LogP contribution in [0.4, 0.5) is 0 Å². The van der Waals surface area contributed by atoms with Crippen LogP contribution in [0.15, 0.2) is 140 Å². The molecule has 0 N–H and O–H groups in total. The molecule has 1 aliphatic rings. The van der Waals surface area contributed by atoms with Gasteiger partial charge in [0.1, 0.15) is 0 Å². The Morgan fingerprint density at radius 2 is 0.951 bits per heavy atom. The molecule has 0 unspecified atom stereocenters. The van der Waals surface area contributed by atoms with Crippen LogP contribution in [-0.2, 0) is 0 Å². The lowest BCUT2D eigenvalue weighted by molar-refractivity contribution is 1.18. The monoisotopic (exact) mass is 521 g/mol. The first-order valence-electron chi connectivity index (χ1n) is 13.9. The topological polar surface area (TPSA) is 30.7 Å². The average molecular weight is 522 g/mol. The molecule has 0 aliphatic heterocycles. The summed E-state index contributed by atoms with van der Waals surface area (Å²) in [5.41, 5.74) is 13.8. The Kier molecular flexibility index (Phi) is 4.61. The number of pyridine rings is 2. The van der Waals surface area contributed by atoms with Gasteiger partial charge >= 0.3 is 0 Å². The van der Waals surface area contributed by atoms with Crippen LogP contribution in [-0.4, -0.2) is 14.5 Å². The molecule has 3 nitrogen and oxygen atoms in total. The van der Waals surface area contributed by atoms with E-state index in [0.29, 0.717) is 0 Å². The van der Waals surface area contributed by atoms with Crippen molar-refractivity contribution in [2.24, 2.45) is 0 Å². The largest absolute Gasteiger partial charge is 0.309 e. The van der Waals surface area contributed by atoms with Crippen LogP contribution in [0.25, 0.3) is 83.0 Å². The van der Waals surface area contributed by atoms with Gasteiger partial charge < -0.3 is 4.57 Å². The SMILES string of the molecule is c1ccc2c(c1)-c1ccccc1-c1c(cnc3ncccc13)-c1cccc(-n3c4ccccc4c4ccccc43)c1-2. The first-order chi connectivity index (χ1) is 20.4. The molecule has 9 rings (SSSR count). The molecular weight excluding hydrogens is 498 g/mol. The molecule has 0 bridgehead atoms. The van der Waals surface area contributed by atoms with E-state index in [-0.39, 0.29) is 0 Å². The van der Waals surface area contributed by atoms with Crippen molar-refractivity contribution in [3.05, 3.63) is 140 Å². The molecule has 3 heteroatoms. The molecule has 5 aromatic carbocycles. The molecule has 3 heterocycles. The van der Waals surface area contributed by atoms with E-state index in [1.165, 1.54) is 60.8 Å². The summed E-state index contributed by atoms with van der Waals surface area (Å²) in [6, 6.07) is 45.9. The maximum atomic E-state index is 4.87. The zero-order valence-electron chi connectivity index (χ0n) is 22.1. The van der Waals surface area contributed by atoms with E-state index in [9.17, 15) is 0 Å². The molecule has 41 heavy (non-hydrogen) atoms. The van der Waals surface area contributed by atoms with Gasteiger partial charge in [-0.2, -0.15) is 0 Å². The minimum atomic E-state index is 0.759. The van der Waals surface area contributed by atoms with Gasteiger partial charge in [-0.1, -0.05) is 97.1 Å². The van der Waals surface area contributed by atoms with Crippen molar-refractivity contribution in [2.75, 3.05) is 0 Å². The molecule has 0 spiro atoms. The smallest absolute Gasteiger partial charge is 0.159 e. The van der Waals surface area contributed by atoms with E-state index in [2.05, 4.69) is 131 Å². The summed E-state index contributed by atoms with van der Waals surface area (Å²) in [4.78, 5) is 9.50. The summed E-state index contributed by atoms with van der Waals surface area (Å²) >= 11 is 0. The average Bonchev–Trinajstić information content (AvgIpc) is 3.37. The highest BCUT2D eigenvalue weighted by atomic mass is 15.0. The Bertz CT molecular complexity index is 2270. The Balaban J connectivity index is 1.51. The highest BCUT2D eigenvalue weighted by molar-refractivity contribution is 6.13. The Hall–Kier alpha value is -5.54. The molecule has 1 aliphatic carbocycles. The lowest BCUT2D eigenvalue weighted by atomic mass is 9.80.